The van der Waals surface area contributed by atoms with Crippen molar-refractivity contribution in [1.82, 2.24) is 15.0 Å². The largest absolute Gasteiger partial charge is 0.363 e. The quantitative estimate of drug-likeness (QED) is 0.502. The van der Waals surface area contributed by atoms with E-state index in [9.17, 15) is 17.6 Å². The van der Waals surface area contributed by atoms with E-state index in [0.717, 1.165) is 0 Å². The summed E-state index contributed by atoms with van der Waals surface area (Å²) < 4.78 is 37.5. The van der Waals surface area contributed by atoms with E-state index in [1.807, 2.05) is 6.92 Å². The summed E-state index contributed by atoms with van der Waals surface area (Å²) in [6.45, 7) is 2.06. The Kier molecular flexibility index (Phi) is 5.48. The first kappa shape index (κ1) is 21.6. The Labute approximate surface area is 183 Å². The zero-order valence-corrected chi connectivity index (χ0v) is 17.8. The number of halogens is 1. The summed E-state index contributed by atoms with van der Waals surface area (Å²) >= 11 is 0. The van der Waals surface area contributed by atoms with E-state index in [2.05, 4.69) is 20.3 Å². The average molecular weight is 457 g/mol. The highest BCUT2D eigenvalue weighted by Crippen LogP contribution is 2.39. The third kappa shape index (κ3) is 4.22. The molecule has 0 saturated heterocycles. The number of aromatic nitrogens is 3. The molecule has 10 nitrogen and oxygen atoms in total. The molecule has 0 aliphatic carbocycles. The second-order valence-corrected chi connectivity index (χ2v) is 8.88. The van der Waals surface area contributed by atoms with Crippen molar-refractivity contribution in [3.05, 3.63) is 65.2 Å². The summed E-state index contributed by atoms with van der Waals surface area (Å²) in [5.74, 6) is -1.32. The second-order valence-electron chi connectivity index (χ2n) is 7.35. The number of anilines is 3. The topological polar surface area (TPSA) is 157 Å². The molecule has 3 aromatic rings. The van der Waals surface area contributed by atoms with Gasteiger partial charge in [-0.05, 0) is 48.7 Å². The predicted molar refractivity (Wildman–Crippen MR) is 115 cm³/mol. The maximum Gasteiger partial charge on any atom is 0.286 e. The Morgan fingerprint density at radius 1 is 1.22 bits per heavy atom. The number of hydrogen-bond acceptors (Lipinski definition) is 8. The number of hydrogen-bond donors (Lipinski definition) is 3. The minimum atomic E-state index is -3.93. The molecule has 1 aliphatic rings. The molecular formula is C20H20FN7O3S. The molecule has 1 unspecified atom stereocenters. The van der Waals surface area contributed by atoms with Crippen molar-refractivity contribution >= 4 is 33.5 Å². The van der Waals surface area contributed by atoms with Gasteiger partial charge in [-0.15, -0.1) is 0 Å². The molecule has 0 radical (unpaired) electrons. The van der Waals surface area contributed by atoms with Crippen LogP contribution in [0.3, 0.4) is 0 Å². The number of benzene rings is 2. The first-order valence-electron chi connectivity index (χ1n) is 9.61. The molecule has 5 N–H and O–H groups in total. The van der Waals surface area contributed by atoms with Gasteiger partial charge in [-0.3, -0.25) is 4.79 Å². The van der Waals surface area contributed by atoms with Crippen molar-refractivity contribution in [1.29, 1.82) is 0 Å². The van der Waals surface area contributed by atoms with Gasteiger partial charge in [0.2, 0.25) is 27.7 Å². The van der Waals surface area contributed by atoms with E-state index in [0.29, 0.717) is 23.2 Å². The molecule has 1 atom stereocenters. The van der Waals surface area contributed by atoms with Gasteiger partial charge in [-0.25, -0.2) is 17.9 Å². The Morgan fingerprint density at radius 3 is 2.66 bits per heavy atom. The molecule has 4 rings (SSSR count). The highest BCUT2D eigenvalue weighted by Gasteiger charge is 2.33. The van der Waals surface area contributed by atoms with Crippen LogP contribution in [0.1, 0.15) is 28.7 Å². The fraction of sp³-hybridized carbons (Fsp3) is 0.200. The van der Waals surface area contributed by atoms with Crippen LogP contribution in [0.15, 0.2) is 47.4 Å². The van der Waals surface area contributed by atoms with Gasteiger partial charge in [-0.2, -0.15) is 15.0 Å². The van der Waals surface area contributed by atoms with Crippen molar-refractivity contribution in [2.24, 2.45) is 10.9 Å². The summed E-state index contributed by atoms with van der Waals surface area (Å²) in [4.78, 5) is 26.2. The summed E-state index contributed by atoms with van der Waals surface area (Å²) in [6, 6.07) is 10.5. The molecule has 1 amide bonds. The number of carbonyl (C=O) groups excluding carboxylic acids is 1. The molecule has 32 heavy (non-hydrogen) atoms. The van der Waals surface area contributed by atoms with E-state index >= 15 is 0 Å². The van der Waals surface area contributed by atoms with Crippen molar-refractivity contribution < 1.29 is 17.6 Å². The zero-order chi connectivity index (χ0) is 23.0. The average Bonchev–Trinajstić information content (AvgIpc) is 3.07. The SMILES string of the molecule is CC1Cc2c(cccc2S(N)(=O)=O)N1c1nc(NCc2cccc(F)c2)nc(C(N)=O)n1. The molecule has 2 heterocycles. The number of nitrogens with one attached hydrogen (secondary N) is 1. The van der Waals surface area contributed by atoms with Crippen LogP contribution < -0.4 is 21.1 Å². The van der Waals surface area contributed by atoms with E-state index in [1.54, 1.807) is 29.2 Å². The van der Waals surface area contributed by atoms with Crippen LogP contribution in [0.2, 0.25) is 0 Å². The standard InChI is InChI=1S/C20H20FN7O3S/c1-11-8-14-15(6-3-7-16(14)32(23,30)31)28(11)20-26-18(17(22)29)25-19(27-20)24-10-12-4-2-5-13(21)9-12/h2-7,9,11H,8,10H2,1H3,(H2,22,29)(H2,23,30,31)(H,24,25,26,27). The summed E-state index contributed by atoms with van der Waals surface area (Å²) in [7, 11) is -3.93. The molecule has 1 aromatic heterocycles. The van der Waals surface area contributed by atoms with Gasteiger partial charge in [-0.1, -0.05) is 18.2 Å². The number of sulfonamides is 1. The van der Waals surface area contributed by atoms with E-state index < -0.39 is 15.9 Å². The van der Waals surface area contributed by atoms with Gasteiger partial charge in [0, 0.05) is 18.3 Å². The highest BCUT2D eigenvalue weighted by molar-refractivity contribution is 7.89. The number of nitrogens with zero attached hydrogens (tertiary/aromatic N) is 4. The Balaban J connectivity index is 1.74. The van der Waals surface area contributed by atoms with E-state index in [1.165, 1.54) is 18.2 Å². The lowest BCUT2D eigenvalue weighted by Crippen LogP contribution is -2.28. The lowest BCUT2D eigenvalue weighted by molar-refractivity contribution is 0.0990. The Hall–Kier alpha value is -3.64. The molecule has 0 bridgehead atoms. The smallest absolute Gasteiger partial charge is 0.286 e. The van der Waals surface area contributed by atoms with E-state index in [-0.39, 0.29) is 41.0 Å². The van der Waals surface area contributed by atoms with Crippen LogP contribution in [-0.2, 0) is 23.0 Å². The van der Waals surface area contributed by atoms with Crippen molar-refractivity contribution in [3.8, 4) is 0 Å². The first-order chi connectivity index (χ1) is 15.1. The van der Waals surface area contributed by atoms with Crippen LogP contribution in [0.25, 0.3) is 0 Å². The zero-order valence-electron chi connectivity index (χ0n) is 17.0. The van der Waals surface area contributed by atoms with Gasteiger partial charge in [0.25, 0.3) is 5.91 Å². The van der Waals surface area contributed by atoms with Gasteiger partial charge >= 0.3 is 0 Å². The highest BCUT2D eigenvalue weighted by atomic mass is 32.2. The monoisotopic (exact) mass is 457 g/mol. The normalized spacial score (nSPS) is 15.5. The van der Waals surface area contributed by atoms with Gasteiger partial charge in [0.05, 0.1) is 4.90 Å². The molecule has 2 aromatic carbocycles. The molecule has 0 saturated carbocycles. The van der Waals surface area contributed by atoms with Gasteiger partial charge in [0.1, 0.15) is 5.82 Å². The predicted octanol–water partition coefficient (Wildman–Crippen LogP) is 1.45. The minimum Gasteiger partial charge on any atom is -0.363 e. The summed E-state index contributed by atoms with van der Waals surface area (Å²) in [5.41, 5.74) is 7.14. The van der Waals surface area contributed by atoms with Gasteiger partial charge in [0.15, 0.2) is 0 Å². The van der Waals surface area contributed by atoms with Crippen LogP contribution in [-0.4, -0.2) is 35.3 Å². The number of primary amides is 1. The van der Waals surface area contributed by atoms with Crippen LogP contribution >= 0.6 is 0 Å². The molecule has 1 aliphatic heterocycles. The lowest BCUT2D eigenvalue weighted by Gasteiger charge is -2.23. The van der Waals surface area contributed by atoms with Crippen molar-refractivity contribution in [2.75, 3.05) is 10.2 Å². The van der Waals surface area contributed by atoms with E-state index in [4.69, 9.17) is 10.9 Å². The van der Waals surface area contributed by atoms with Crippen molar-refractivity contribution in [2.45, 2.75) is 30.8 Å². The molecule has 0 fully saturated rings. The Bertz CT molecular complexity index is 1320. The number of amides is 1. The molecule has 166 valence electrons. The first-order valence-corrected chi connectivity index (χ1v) is 11.2. The summed E-state index contributed by atoms with van der Waals surface area (Å²) in [5, 5.41) is 8.31. The third-order valence-corrected chi connectivity index (χ3v) is 6.01. The number of nitrogens with two attached hydrogens (primary N) is 2. The van der Waals surface area contributed by atoms with Crippen LogP contribution in [0, 0.1) is 5.82 Å². The second kappa shape index (κ2) is 8.13. The molecular weight excluding hydrogens is 437 g/mol. The van der Waals surface area contributed by atoms with Crippen LogP contribution in [0.5, 0.6) is 0 Å². The lowest BCUT2D eigenvalue weighted by atomic mass is 10.1. The molecule has 0 spiro atoms. The maximum atomic E-state index is 13.4. The summed E-state index contributed by atoms with van der Waals surface area (Å²) in [6.07, 6.45) is 0.381. The minimum absolute atomic E-state index is 0.0259. The van der Waals surface area contributed by atoms with Crippen molar-refractivity contribution in [3.63, 3.8) is 0 Å². The number of primary sulfonamides is 1. The third-order valence-electron chi connectivity index (χ3n) is 5.01. The number of rotatable bonds is 6. The Morgan fingerprint density at radius 2 is 1.97 bits per heavy atom. The molecule has 12 heteroatoms. The maximum absolute atomic E-state index is 13.4. The fourth-order valence-electron chi connectivity index (χ4n) is 3.67. The fourth-order valence-corrected chi connectivity index (χ4v) is 4.47. The number of carbonyl (C=O) groups is 1. The number of fused-ring (bicyclic) bond motifs is 1. The van der Waals surface area contributed by atoms with Crippen LogP contribution in [0.4, 0.5) is 22.0 Å². The van der Waals surface area contributed by atoms with Gasteiger partial charge < -0.3 is 16.0 Å².